The lowest BCUT2D eigenvalue weighted by Gasteiger charge is -2.23. The number of ketones is 1. The van der Waals surface area contributed by atoms with Gasteiger partial charge in [0.25, 0.3) is 5.78 Å². The van der Waals surface area contributed by atoms with E-state index in [9.17, 15) is 14.7 Å². The molecule has 1 saturated heterocycles. The van der Waals surface area contributed by atoms with Crippen LogP contribution >= 0.6 is 11.3 Å². The molecular formula is C27H21FN2O5S. The number of nitrogens with zero attached hydrogens (tertiary/aromatic N) is 2. The number of aryl methyl sites for hydroxylation is 1. The molecule has 0 saturated carbocycles. The van der Waals surface area contributed by atoms with Crippen LogP contribution in [0.4, 0.5) is 9.52 Å². The number of methoxy groups -OCH3 is 2. The minimum absolute atomic E-state index is 0.0697. The highest BCUT2D eigenvalue weighted by atomic mass is 32.1. The van der Waals surface area contributed by atoms with Crippen molar-refractivity contribution in [3.05, 3.63) is 88.7 Å². The largest absolute Gasteiger partial charge is 0.507 e. The monoisotopic (exact) mass is 504 g/mol. The number of rotatable bonds is 5. The molecule has 1 aliphatic rings. The minimum Gasteiger partial charge on any atom is -0.507 e. The number of carbonyl (C=O) groups excluding carboxylic acids is 2. The molecule has 1 aromatic heterocycles. The standard InChI is InChI=1S/C27H21FN2O5S/c1-14-12-15(8-11-20(14)35-3)24(31)22-23(17-6-4-5-7-18(17)28)30(26(33)25(22)32)27-29-19-10-9-16(34-2)13-21(19)36-27/h4-13,23,31H,1-3H3/t23-/m0/s1. The van der Waals surface area contributed by atoms with Gasteiger partial charge in [0.05, 0.1) is 30.0 Å². The van der Waals surface area contributed by atoms with E-state index in [2.05, 4.69) is 4.98 Å². The maximum atomic E-state index is 15.1. The first-order valence-electron chi connectivity index (χ1n) is 11.0. The van der Waals surface area contributed by atoms with Gasteiger partial charge >= 0.3 is 5.91 Å². The Morgan fingerprint density at radius 3 is 2.53 bits per heavy atom. The van der Waals surface area contributed by atoms with Gasteiger partial charge in [0.1, 0.15) is 29.1 Å². The quantitative estimate of drug-likeness (QED) is 0.223. The van der Waals surface area contributed by atoms with Gasteiger partial charge in [0.15, 0.2) is 5.13 Å². The van der Waals surface area contributed by atoms with E-state index < -0.39 is 29.3 Å². The number of aromatic nitrogens is 1. The SMILES string of the molecule is COc1ccc2nc(N3C(=O)C(=O)C(=C(O)c4ccc(OC)c(C)c4)[C@@H]3c3ccccc3F)sc2c1. The van der Waals surface area contributed by atoms with Gasteiger partial charge in [0.2, 0.25) is 0 Å². The van der Waals surface area contributed by atoms with Crippen molar-refractivity contribution in [1.29, 1.82) is 0 Å². The number of hydrogen-bond acceptors (Lipinski definition) is 7. The first-order valence-corrected chi connectivity index (χ1v) is 11.8. The van der Waals surface area contributed by atoms with Crippen molar-refractivity contribution in [2.45, 2.75) is 13.0 Å². The summed E-state index contributed by atoms with van der Waals surface area (Å²) in [6.07, 6.45) is 0. The van der Waals surface area contributed by atoms with Crippen molar-refractivity contribution in [3.63, 3.8) is 0 Å². The van der Waals surface area contributed by atoms with Gasteiger partial charge in [-0.15, -0.1) is 0 Å². The zero-order valence-corrected chi connectivity index (χ0v) is 20.4. The predicted octanol–water partition coefficient (Wildman–Crippen LogP) is 5.39. The highest BCUT2D eigenvalue weighted by Crippen LogP contribution is 2.45. The van der Waals surface area contributed by atoms with Crippen LogP contribution in [0.2, 0.25) is 0 Å². The number of fused-ring (bicyclic) bond motifs is 1. The number of thiazole rings is 1. The summed E-state index contributed by atoms with van der Waals surface area (Å²) >= 11 is 1.17. The van der Waals surface area contributed by atoms with E-state index in [1.165, 1.54) is 36.6 Å². The Kier molecular flexibility index (Phi) is 5.93. The predicted molar refractivity (Wildman–Crippen MR) is 135 cm³/mol. The normalized spacial score (nSPS) is 17.1. The van der Waals surface area contributed by atoms with Crippen molar-refractivity contribution in [3.8, 4) is 11.5 Å². The summed E-state index contributed by atoms with van der Waals surface area (Å²) in [4.78, 5) is 32.4. The lowest BCUT2D eigenvalue weighted by atomic mass is 9.94. The molecular weight excluding hydrogens is 483 g/mol. The average molecular weight is 505 g/mol. The summed E-state index contributed by atoms with van der Waals surface area (Å²) in [5.74, 6) is -1.64. The molecule has 1 atom stereocenters. The number of aliphatic hydroxyl groups excluding tert-OH is 1. The second-order valence-corrected chi connectivity index (χ2v) is 9.21. The molecule has 1 aliphatic heterocycles. The molecule has 0 bridgehead atoms. The van der Waals surface area contributed by atoms with E-state index in [1.807, 2.05) is 0 Å². The Balaban J connectivity index is 1.73. The molecule has 0 aliphatic carbocycles. The van der Waals surface area contributed by atoms with E-state index in [0.29, 0.717) is 22.6 Å². The molecule has 9 heteroatoms. The summed E-state index contributed by atoms with van der Waals surface area (Å²) in [6, 6.07) is 14.8. The molecule has 0 unspecified atom stereocenters. The van der Waals surface area contributed by atoms with Gasteiger partial charge in [0, 0.05) is 11.1 Å². The van der Waals surface area contributed by atoms with Crippen LogP contribution in [0, 0.1) is 12.7 Å². The topological polar surface area (TPSA) is 89.0 Å². The van der Waals surface area contributed by atoms with Gasteiger partial charge in [-0.05, 0) is 55.0 Å². The Hall–Kier alpha value is -4.24. The maximum Gasteiger partial charge on any atom is 0.301 e. The third kappa shape index (κ3) is 3.77. The van der Waals surface area contributed by atoms with Crippen molar-refractivity contribution < 1.29 is 28.6 Å². The molecule has 5 rings (SSSR count). The molecule has 1 amide bonds. The fourth-order valence-corrected chi connectivity index (χ4v) is 5.35. The van der Waals surface area contributed by atoms with Crippen LogP contribution < -0.4 is 14.4 Å². The fourth-order valence-electron chi connectivity index (χ4n) is 4.32. The summed E-state index contributed by atoms with van der Waals surface area (Å²) in [7, 11) is 3.07. The number of ether oxygens (including phenoxy) is 2. The lowest BCUT2D eigenvalue weighted by Crippen LogP contribution is -2.29. The third-order valence-electron chi connectivity index (χ3n) is 6.10. The number of carbonyl (C=O) groups is 2. The highest BCUT2D eigenvalue weighted by molar-refractivity contribution is 7.22. The second-order valence-electron chi connectivity index (χ2n) is 8.21. The number of hydrogen-bond donors (Lipinski definition) is 1. The molecule has 36 heavy (non-hydrogen) atoms. The van der Waals surface area contributed by atoms with Crippen LogP contribution in [0.5, 0.6) is 11.5 Å². The first-order chi connectivity index (χ1) is 17.3. The van der Waals surface area contributed by atoms with Crippen LogP contribution in [0.25, 0.3) is 16.0 Å². The van der Waals surface area contributed by atoms with E-state index in [0.717, 1.165) is 15.2 Å². The summed E-state index contributed by atoms with van der Waals surface area (Å²) in [5, 5.41) is 11.5. The second kappa shape index (κ2) is 9.09. The maximum absolute atomic E-state index is 15.1. The van der Waals surface area contributed by atoms with Gasteiger partial charge in [-0.1, -0.05) is 29.5 Å². The Bertz CT molecular complexity index is 1560. The fraction of sp³-hybridized carbons (Fsp3) is 0.148. The lowest BCUT2D eigenvalue weighted by molar-refractivity contribution is -0.132. The van der Waals surface area contributed by atoms with E-state index >= 15 is 4.39 Å². The molecule has 7 nitrogen and oxygen atoms in total. The van der Waals surface area contributed by atoms with Gasteiger partial charge in [-0.3, -0.25) is 14.5 Å². The summed E-state index contributed by atoms with van der Waals surface area (Å²) in [6.45, 7) is 1.79. The molecule has 1 N–H and O–H groups in total. The number of anilines is 1. The van der Waals surface area contributed by atoms with Crippen molar-refractivity contribution in [2.75, 3.05) is 19.1 Å². The molecule has 4 aromatic rings. The number of aliphatic hydroxyl groups is 1. The molecule has 0 spiro atoms. The molecule has 0 radical (unpaired) electrons. The van der Waals surface area contributed by atoms with Crippen molar-refractivity contribution in [2.24, 2.45) is 0 Å². The average Bonchev–Trinajstić information content (AvgIpc) is 3.41. The Labute approximate surface area is 210 Å². The van der Waals surface area contributed by atoms with E-state index in [4.69, 9.17) is 9.47 Å². The van der Waals surface area contributed by atoms with Crippen LogP contribution in [0.15, 0.2) is 66.2 Å². The van der Waals surface area contributed by atoms with Crippen LogP contribution in [-0.2, 0) is 9.59 Å². The van der Waals surface area contributed by atoms with Crippen molar-refractivity contribution in [1.82, 2.24) is 4.98 Å². The van der Waals surface area contributed by atoms with E-state index in [1.54, 1.807) is 56.5 Å². The third-order valence-corrected chi connectivity index (χ3v) is 7.12. The highest BCUT2D eigenvalue weighted by Gasteiger charge is 2.49. The molecule has 182 valence electrons. The van der Waals surface area contributed by atoms with Crippen LogP contribution in [-0.4, -0.2) is 36.0 Å². The minimum atomic E-state index is -1.21. The number of amides is 1. The van der Waals surface area contributed by atoms with Gasteiger partial charge in [-0.2, -0.15) is 0 Å². The summed E-state index contributed by atoms with van der Waals surface area (Å²) in [5.41, 5.74) is 1.47. The Morgan fingerprint density at radius 2 is 1.83 bits per heavy atom. The Morgan fingerprint density at radius 1 is 1.06 bits per heavy atom. The smallest absolute Gasteiger partial charge is 0.301 e. The number of benzene rings is 3. The molecule has 2 heterocycles. The van der Waals surface area contributed by atoms with Crippen molar-refractivity contribution >= 4 is 44.1 Å². The molecule has 3 aromatic carbocycles. The summed E-state index contributed by atoms with van der Waals surface area (Å²) < 4.78 is 26.4. The molecule has 1 fully saturated rings. The number of halogens is 1. The van der Waals surface area contributed by atoms with Gasteiger partial charge in [-0.25, -0.2) is 9.37 Å². The first kappa shape index (κ1) is 23.5. The van der Waals surface area contributed by atoms with Crippen LogP contribution in [0.1, 0.15) is 22.7 Å². The zero-order valence-electron chi connectivity index (χ0n) is 19.6. The van der Waals surface area contributed by atoms with E-state index in [-0.39, 0.29) is 16.3 Å². The van der Waals surface area contributed by atoms with Gasteiger partial charge < -0.3 is 14.6 Å². The number of Topliss-reactive ketones (excluding diaryl/α,β-unsaturated/α-hetero) is 1. The zero-order chi connectivity index (χ0) is 25.6. The van der Waals surface area contributed by atoms with Crippen LogP contribution in [0.3, 0.4) is 0 Å².